The average molecular weight is 360 g/mol. The van der Waals surface area contributed by atoms with E-state index in [9.17, 15) is 4.79 Å². The van der Waals surface area contributed by atoms with E-state index < -0.39 is 0 Å². The first-order valence-corrected chi connectivity index (χ1v) is 9.11. The second kappa shape index (κ2) is 7.37. The molecule has 0 aliphatic heterocycles. The quantitative estimate of drug-likeness (QED) is 0.545. The van der Waals surface area contributed by atoms with E-state index in [0.29, 0.717) is 17.8 Å². The number of amides is 1. The Morgan fingerprint density at radius 3 is 2.46 bits per heavy atom. The molecule has 128 valence electrons. The van der Waals surface area contributed by atoms with E-state index in [1.54, 1.807) is 11.3 Å². The van der Waals surface area contributed by atoms with Crippen LogP contribution in [0, 0.1) is 0 Å². The van der Waals surface area contributed by atoms with Gasteiger partial charge in [-0.15, -0.1) is 11.3 Å². The molecule has 0 saturated carbocycles. The summed E-state index contributed by atoms with van der Waals surface area (Å²) in [7, 11) is 0. The van der Waals surface area contributed by atoms with Gasteiger partial charge in [-0.25, -0.2) is 0 Å². The molecule has 0 spiro atoms. The van der Waals surface area contributed by atoms with Crippen LogP contribution in [0.1, 0.15) is 16.1 Å². The Bertz CT molecular complexity index is 990. The van der Waals surface area contributed by atoms with Crippen LogP contribution in [0.5, 0.6) is 0 Å². The molecule has 0 saturated heterocycles. The number of thiophene rings is 1. The maximum atomic E-state index is 12.3. The van der Waals surface area contributed by atoms with Crippen molar-refractivity contribution in [2.45, 2.75) is 6.54 Å². The predicted molar refractivity (Wildman–Crippen MR) is 103 cm³/mol. The van der Waals surface area contributed by atoms with Gasteiger partial charge < -0.3 is 9.84 Å². The van der Waals surface area contributed by atoms with Gasteiger partial charge in [-0.1, -0.05) is 53.7 Å². The molecule has 2 aromatic heterocycles. The Kier molecular flexibility index (Phi) is 4.62. The van der Waals surface area contributed by atoms with Crippen LogP contribution >= 0.6 is 11.3 Å². The fourth-order valence-corrected chi connectivity index (χ4v) is 3.32. The molecular formula is C21H16N2O2S. The largest absolute Gasteiger partial charge is 0.355 e. The summed E-state index contributed by atoms with van der Waals surface area (Å²) in [4.78, 5) is 13.4. The summed E-state index contributed by atoms with van der Waals surface area (Å²) in [5.41, 5.74) is 3.52. The minimum Gasteiger partial charge on any atom is -0.355 e. The SMILES string of the molecule is O=C(NCc1cc(-c2cccs2)on1)c1ccc(-c2ccccc2)cc1. The maximum Gasteiger partial charge on any atom is 0.251 e. The summed E-state index contributed by atoms with van der Waals surface area (Å²) in [6, 6.07) is 23.4. The zero-order chi connectivity index (χ0) is 17.8. The van der Waals surface area contributed by atoms with Gasteiger partial charge in [-0.2, -0.15) is 0 Å². The molecule has 4 nitrogen and oxygen atoms in total. The van der Waals surface area contributed by atoms with E-state index in [4.69, 9.17) is 4.52 Å². The highest BCUT2D eigenvalue weighted by atomic mass is 32.1. The highest BCUT2D eigenvalue weighted by Crippen LogP contribution is 2.25. The molecule has 5 heteroatoms. The van der Waals surface area contributed by atoms with Gasteiger partial charge in [0.15, 0.2) is 5.76 Å². The van der Waals surface area contributed by atoms with Crippen molar-refractivity contribution in [3.8, 4) is 21.8 Å². The molecule has 2 aromatic carbocycles. The van der Waals surface area contributed by atoms with Crippen molar-refractivity contribution in [3.05, 3.63) is 89.4 Å². The molecule has 0 aliphatic rings. The Labute approximate surface area is 155 Å². The molecule has 0 atom stereocenters. The third-order valence-electron chi connectivity index (χ3n) is 4.01. The lowest BCUT2D eigenvalue weighted by atomic mass is 10.0. The van der Waals surface area contributed by atoms with E-state index in [1.165, 1.54) is 0 Å². The van der Waals surface area contributed by atoms with Gasteiger partial charge in [0.1, 0.15) is 5.69 Å². The molecular weight excluding hydrogens is 344 g/mol. The summed E-state index contributed by atoms with van der Waals surface area (Å²) in [6.07, 6.45) is 0. The topological polar surface area (TPSA) is 55.1 Å². The second-order valence-electron chi connectivity index (χ2n) is 5.79. The molecule has 0 aliphatic carbocycles. The van der Waals surface area contributed by atoms with Crippen LogP contribution in [0.3, 0.4) is 0 Å². The zero-order valence-corrected chi connectivity index (χ0v) is 14.7. The van der Waals surface area contributed by atoms with Crippen LogP contribution in [-0.2, 0) is 6.54 Å². The summed E-state index contributed by atoms with van der Waals surface area (Å²) in [5.74, 6) is 0.585. The van der Waals surface area contributed by atoms with Crippen LogP contribution in [0.15, 0.2) is 82.7 Å². The maximum absolute atomic E-state index is 12.3. The molecule has 0 bridgehead atoms. The highest BCUT2D eigenvalue weighted by molar-refractivity contribution is 7.13. The lowest BCUT2D eigenvalue weighted by Gasteiger charge is -2.05. The third-order valence-corrected chi connectivity index (χ3v) is 4.89. The number of nitrogens with zero attached hydrogens (tertiary/aromatic N) is 1. The fourth-order valence-electron chi connectivity index (χ4n) is 2.65. The van der Waals surface area contributed by atoms with Crippen molar-refractivity contribution >= 4 is 17.2 Å². The predicted octanol–water partition coefficient (Wildman–Crippen LogP) is 5.00. The molecule has 4 rings (SSSR count). The summed E-state index contributed by atoms with van der Waals surface area (Å²) in [6.45, 7) is 0.328. The minimum absolute atomic E-state index is 0.134. The zero-order valence-electron chi connectivity index (χ0n) is 13.9. The smallest absolute Gasteiger partial charge is 0.251 e. The van der Waals surface area contributed by atoms with Gasteiger partial charge in [0.2, 0.25) is 0 Å². The van der Waals surface area contributed by atoms with Crippen molar-refractivity contribution in [2.24, 2.45) is 0 Å². The Morgan fingerprint density at radius 1 is 0.962 bits per heavy atom. The third kappa shape index (κ3) is 3.58. The van der Waals surface area contributed by atoms with Crippen molar-refractivity contribution in [3.63, 3.8) is 0 Å². The number of rotatable bonds is 5. The number of carbonyl (C=O) groups is 1. The number of hydrogen-bond acceptors (Lipinski definition) is 4. The van der Waals surface area contributed by atoms with Gasteiger partial charge in [-0.3, -0.25) is 4.79 Å². The van der Waals surface area contributed by atoms with Gasteiger partial charge in [0, 0.05) is 11.6 Å². The van der Waals surface area contributed by atoms with Crippen molar-refractivity contribution in [1.82, 2.24) is 10.5 Å². The van der Waals surface area contributed by atoms with Crippen LogP contribution in [0.25, 0.3) is 21.8 Å². The van der Waals surface area contributed by atoms with Crippen molar-refractivity contribution < 1.29 is 9.32 Å². The van der Waals surface area contributed by atoms with E-state index in [2.05, 4.69) is 10.5 Å². The fraction of sp³-hybridized carbons (Fsp3) is 0.0476. The van der Waals surface area contributed by atoms with Crippen LogP contribution < -0.4 is 5.32 Å². The Morgan fingerprint density at radius 2 is 1.73 bits per heavy atom. The van der Waals surface area contributed by atoms with E-state index in [0.717, 1.165) is 21.8 Å². The van der Waals surface area contributed by atoms with Crippen molar-refractivity contribution in [1.29, 1.82) is 0 Å². The van der Waals surface area contributed by atoms with Crippen LogP contribution in [0.2, 0.25) is 0 Å². The molecule has 26 heavy (non-hydrogen) atoms. The number of aromatic nitrogens is 1. The van der Waals surface area contributed by atoms with Crippen molar-refractivity contribution in [2.75, 3.05) is 0 Å². The molecule has 0 radical (unpaired) electrons. The number of nitrogens with one attached hydrogen (secondary N) is 1. The Hall–Kier alpha value is -3.18. The molecule has 1 amide bonds. The lowest BCUT2D eigenvalue weighted by Crippen LogP contribution is -2.22. The van der Waals surface area contributed by atoms with Gasteiger partial charge in [0.05, 0.1) is 11.4 Å². The molecule has 0 fully saturated rings. The summed E-state index contributed by atoms with van der Waals surface area (Å²) < 4.78 is 5.32. The minimum atomic E-state index is -0.134. The first-order valence-electron chi connectivity index (χ1n) is 8.23. The van der Waals surface area contributed by atoms with Gasteiger partial charge >= 0.3 is 0 Å². The molecule has 1 N–H and O–H groups in total. The second-order valence-corrected chi connectivity index (χ2v) is 6.73. The first-order chi connectivity index (χ1) is 12.8. The molecule has 2 heterocycles. The van der Waals surface area contributed by atoms with Crippen LogP contribution in [-0.4, -0.2) is 11.1 Å². The normalized spacial score (nSPS) is 10.6. The van der Waals surface area contributed by atoms with E-state index in [1.807, 2.05) is 78.2 Å². The highest BCUT2D eigenvalue weighted by Gasteiger charge is 2.10. The first kappa shape index (κ1) is 16.3. The van der Waals surface area contributed by atoms with Gasteiger partial charge in [0.25, 0.3) is 5.91 Å². The van der Waals surface area contributed by atoms with Gasteiger partial charge in [-0.05, 0) is 34.7 Å². The lowest BCUT2D eigenvalue weighted by molar-refractivity contribution is 0.0950. The number of benzene rings is 2. The van der Waals surface area contributed by atoms with Crippen LogP contribution in [0.4, 0.5) is 0 Å². The molecule has 4 aromatic rings. The number of hydrogen-bond donors (Lipinski definition) is 1. The number of carbonyl (C=O) groups excluding carboxylic acids is 1. The summed E-state index contributed by atoms with van der Waals surface area (Å²) in [5, 5.41) is 8.87. The Balaban J connectivity index is 1.39. The monoisotopic (exact) mass is 360 g/mol. The average Bonchev–Trinajstić information content (AvgIpc) is 3.38. The standard InChI is InChI=1S/C21H16N2O2S/c24-21(17-10-8-16(9-11-17)15-5-2-1-3-6-15)22-14-18-13-19(25-23-18)20-7-4-12-26-20/h1-13H,14H2,(H,22,24). The summed E-state index contributed by atoms with van der Waals surface area (Å²) >= 11 is 1.59. The van der Waals surface area contributed by atoms with E-state index >= 15 is 0 Å². The molecule has 0 unspecified atom stereocenters. The van der Waals surface area contributed by atoms with E-state index in [-0.39, 0.29) is 5.91 Å².